The second-order valence-electron chi connectivity index (χ2n) is 7.90. The molecule has 0 bridgehead atoms. The van der Waals surface area contributed by atoms with Crippen LogP contribution in [0.2, 0.25) is 0 Å². The lowest BCUT2D eigenvalue weighted by atomic mass is 10.1. The lowest BCUT2D eigenvalue weighted by molar-refractivity contribution is -0.119. The molecule has 7 nitrogen and oxygen atoms in total. The second kappa shape index (κ2) is 10.6. The van der Waals surface area contributed by atoms with Crippen LogP contribution in [0.15, 0.2) is 29.3 Å². The van der Waals surface area contributed by atoms with Crippen LogP contribution in [0.1, 0.15) is 39.7 Å². The second-order valence-corrected chi connectivity index (χ2v) is 10.6. The van der Waals surface area contributed by atoms with Gasteiger partial charge in [0.25, 0.3) is 0 Å². The van der Waals surface area contributed by atoms with Crippen LogP contribution < -0.4 is 10.6 Å². The Labute approximate surface area is 191 Å². The van der Waals surface area contributed by atoms with Crippen LogP contribution in [-0.2, 0) is 21.2 Å². The van der Waals surface area contributed by atoms with Gasteiger partial charge in [-0.25, -0.2) is 8.42 Å². The standard InChI is InChI=1S/C20H32N4O3S.HI/c1-6-15(2)18(25)23-17-9-7-8-16(12-17)13-22-19(21-5)24-10-11-28(26,27)20(3,4)14-24;/h7-9,12,15H,6,10-11,13-14H2,1-5H3,(H,21,22)(H,23,25);1H. The zero-order valence-electron chi connectivity index (χ0n) is 17.9. The van der Waals surface area contributed by atoms with Crippen molar-refractivity contribution in [1.29, 1.82) is 0 Å². The summed E-state index contributed by atoms with van der Waals surface area (Å²) >= 11 is 0. The quantitative estimate of drug-likeness (QED) is 0.343. The summed E-state index contributed by atoms with van der Waals surface area (Å²) in [6, 6.07) is 7.69. The number of amides is 1. The lowest BCUT2D eigenvalue weighted by Gasteiger charge is -2.39. The number of sulfone groups is 1. The van der Waals surface area contributed by atoms with Crippen LogP contribution in [0.3, 0.4) is 0 Å². The minimum atomic E-state index is -3.09. The summed E-state index contributed by atoms with van der Waals surface area (Å²) in [5.74, 6) is 0.786. The average Bonchev–Trinajstić information content (AvgIpc) is 2.64. The summed E-state index contributed by atoms with van der Waals surface area (Å²) in [7, 11) is -1.40. The first kappa shape index (κ1) is 25.7. The fourth-order valence-electron chi connectivity index (χ4n) is 3.05. The first-order chi connectivity index (χ1) is 13.1. The van der Waals surface area contributed by atoms with Gasteiger partial charge in [-0.3, -0.25) is 9.79 Å². The van der Waals surface area contributed by atoms with E-state index >= 15 is 0 Å². The van der Waals surface area contributed by atoms with Gasteiger partial charge >= 0.3 is 0 Å². The molecule has 1 amide bonds. The van der Waals surface area contributed by atoms with Gasteiger partial charge < -0.3 is 15.5 Å². The maximum absolute atomic E-state index is 12.2. The number of guanidine groups is 1. The highest BCUT2D eigenvalue weighted by Gasteiger charge is 2.40. The number of halogens is 1. The van der Waals surface area contributed by atoms with Gasteiger partial charge in [-0.15, -0.1) is 24.0 Å². The molecule has 2 rings (SSSR count). The van der Waals surface area contributed by atoms with Crippen LogP contribution in [0.4, 0.5) is 5.69 Å². The average molecular weight is 536 g/mol. The van der Waals surface area contributed by atoms with Gasteiger partial charge in [0.2, 0.25) is 5.91 Å². The van der Waals surface area contributed by atoms with Crippen molar-refractivity contribution in [3.63, 3.8) is 0 Å². The van der Waals surface area contributed by atoms with E-state index in [4.69, 9.17) is 0 Å². The highest BCUT2D eigenvalue weighted by atomic mass is 127. The van der Waals surface area contributed by atoms with Gasteiger partial charge in [0, 0.05) is 38.3 Å². The van der Waals surface area contributed by atoms with Crippen molar-refractivity contribution >= 4 is 51.4 Å². The van der Waals surface area contributed by atoms with E-state index in [9.17, 15) is 13.2 Å². The smallest absolute Gasteiger partial charge is 0.227 e. The first-order valence-corrected chi connectivity index (χ1v) is 11.3. The third kappa shape index (κ3) is 6.56. The third-order valence-corrected chi connectivity index (χ3v) is 7.79. The molecule has 1 aliphatic heterocycles. The molecule has 29 heavy (non-hydrogen) atoms. The molecule has 1 saturated heterocycles. The van der Waals surface area contributed by atoms with Gasteiger partial charge in [0.1, 0.15) is 0 Å². The van der Waals surface area contributed by atoms with E-state index in [-0.39, 0.29) is 41.6 Å². The molecule has 0 radical (unpaired) electrons. The molecule has 9 heteroatoms. The van der Waals surface area contributed by atoms with Crippen LogP contribution >= 0.6 is 24.0 Å². The predicted molar refractivity (Wildman–Crippen MR) is 130 cm³/mol. The number of anilines is 1. The molecule has 1 unspecified atom stereocenters. The van der Waals surface area contributed by atoms with E-state index in [2.05, 4.69) is 15.6 Å². The Kier molecular flexibility index (Phi) is 9.39. The number of nitrogens with one attached hydrogen (secondary N) is 2. The minimum absolute atomic E-state index is 0. The van der Waals surface area contributed by atoms with Gasteiger partial charge in [0.15, 0.2) is 15.8 Å². The number of rotatable bonds is 5. The number of carbonyl (C=O) groups is 1. The van der Waals surface area contributed by atoms with Gasteiger partial charge in [-0.05, 0) is 38.0 Å². The van der Waals surface area contributed by atoms with Crippen molar-refractivity contribution in [1.82, 2.24) is 10.2 Å². The van der Waals surface area contributed by atoms with E-state index in [1.807, 2.05) is 43.0 Å². The van der Waals surface area contributed by atoms with Gasteiger partial charge in [-0.2, -0.15) is 0 Å². The molecule has 164 valence electrons. The van der Waals surface area contributed by atoms with Crippen molar-refractivity contribution < 1.29 is 13.2 Å². The van der Waals surface area contributed by atoms with E-state index in [0.717, 1.165) is 17.7 Å². The number of nitrogens with zero attached hydrogens (tertiary/aromatic N) is 2. The molecule has 0 spiro atoms. The Morgan fingerprint density at radius 3 is 2.62 bits per heavy atom. The van der Waals surface area contributed by atoms with Gasteiger partial charge in [-0.1, -0.05) is 26.0 Å². The van der Waals surface area contributed by atoms with Crippen LogP contribution in [-0.4, -0.2) is 55.8 Å². The maximum Gasteiger partial charge on any atom is 0.227 e. The predicted octanol–water partition coefficient (Wildman–Crippen LogP) is 2.87. The SMILES string of the molecule is CCC(C)C(=O)Nc1cccc(CNC(=NC)N2CCS(=O)(=O)C(C)(C)C2)c1.I. The molecule has 0 aliphatic carbocycles. The summed E-state index contributed by atoms with van der Waals surface area (Å²) in [6.07, 6.45) is 0.797. The van der Waals surface area contributed by atoms with E-state index in [1.54, 1.807) is 20.9 Å². The Hall–Kier alpha value is -1.36. The zero-order chi connectivity index (χ0) is 20.9. The summed E-state index contributed by atoms with van der Waals surface area (Å²) in [5.41, 5.74) is 1.77. The lowest BCUT2D eigenvalue weighted by Crippen LogP contribution is -2.57. The molecule has 2 N–H and O–H groups in total. The molecular formula is C20H33IN4O3S. The summed E-state index contributed by atoms with van der Waals surface area (Å²) < 4.78 is 23.6. The largest absolute Gasteiger partial charge is 0.352 e. The molecule has 1 fully saturated rings. The molecule has 1 aromatic carbocycles. The molecular weight excluding hydrogens is 503 g/mol. The van der Waals surface area contributed by atoms with Gasteiger partial charge in [0.05, 0.1) is 10.5 Å². The fraction of sp³-hybridized carbons (Fsp3) is 0.600. The van der Waals surface area contributed by atoms with E-state index in [0.29, 0.717) is 25.6 Å². The molecule has 1 aliphatic rings. The van der Waals surface area contributed by atoms with Crippen molar-refractivity contribution in [2.45, 2.75) is 45.4 Å². The highest BCUT2D eigenvalue weighted by Crippen LogP contribution is 2.23. The number of aliphatic imine (C=N–C) groups is 1. The molecule has 1 atom stereocenters. The molecule has 0 saturated carbocycles. The molecule has 1 heterocycles. The number of benzene rings is 1. The molecule has 0 aromatic heterocycles. The number of hydrogen-bond donors (Lipinski definition) is 2. The van der Waals surface area contributed by atoms with E-state index < -0.39 is 14.6 Å². The summed E-state index contributed by atoms with van der Waals surface area (Å²) in [6.45, 7) is 8.77. The van der Waals surface area contributed by atoms with Crippen molar-refractivity contribution in [2.24, 2.45) is 10.9 Å². The third-order valence-electron chi connectivity index (χ3n) is 5.26. The Morgan fingerprint density at radius 1 is 1.34 bits per heavy atom. The minimum Gasteiger partial charge on any atom is -0.352 e. The Balaban J connectivity index is 0.00000420. The summed E-state index contributed by atoms with van der Waals surface area (Å²) in [5, 5.41) is 6.25. The zero-order valence-corrected chi connectivity index (χ0v) is 21.0. The molecule has 1 aromatic rings. The normalized spacial score (nSPS) is 19.1. The van der Waals surface area contributed by atoms with Crippen molar-refractivity contribution in [2.75, 3.05) is 31.2 Å². The number of carbonyl (C=O) groups excluding carboxylic acids is 1. The Morgan fingerprint density at radius 2 is 2.03 bits per heavy atom. The maximum atomic E-state index is 12.2. The van der Waals surface area contributed by atoms with E-state index in [1.165, 1.54) is 0 Å². The van der Waals surface area contributed by atoms with Crippen LogP contribution in [0, 0.1) is 5.92 Å². The van der Waals surface area contributed by atoms with Crippen LogP contribution in [0.5, 0.6) is 0 Å². The van der Waals surface area contributed by atoms with Crippen LogP contribution in [0.25, 0.3) is 0 Å². The number of hydrogen-bond acceptors (Lipinski definition) is 4. The first-order valence-electron chi connectivity index (χ1n) is 9.67. The Bertz CT molecular complexity index is 840. The summed E-state index contributed by atoms with van der Waals surface area (Å²) in [4.78, 5) is 18.4. The highest BCUT2D eigenvalue weighted by molar-refractivity contribution is 14.0. The fourth-order valence-corrected chi connectivity index (χ4v) is 4.41. The van der Waals surface area contributed by atoms with Crippen molar-refractivity contribution in [3.8, 4) is 0 Å². The topological polar surface area (TPSA) is 90.9 Å². The van der Waals surface area contributed by atoms with Crippen molar-refractivity contribution in [3.05, 3.63) is 29.8 Å². The monoisotopic (exact) mass is 536 g/mol.